The molecule has 68 valence electrons. The van der Waals surface area contributed by atoms with Gasteiger partial charge in [0.15, 0.2) is 0 Å². The highest BCUT2D eigenvalue weighted by molar-refractivity contribution is 14.1. The van der Waals surface area contributed by atoms with Crippen molar-refractivity contribution in [3.63, 3.8) is 0 Å². The van der Waals surface area contributed by atoms with Crippen molar-refractivity contribution >= 4 is 32.6 Å². The zero-order chi connectivity index (χ0) is 8.91. The first-order chi connectivity index (χ1) is 5.02. The van der Waals surface area contributed by atoms with E-state index in [4.69, 9.17) is 5.14 Å². The van der Waals surface area contributed by atoms with Crippen LogP contribution in [0, 0.1) is 0 Å². The molecule has 0 aromatic rings. The molecule has 0 saturated heterocycles. The molecule has 0 aromatic carbocycles. The van der Waals surface area contributed by atoms with Crippen molar-refractivity contribution in [3.8, 4) is 0 Å². The van der Waals surface area contributed by atoms with Gasteiger partial charge in [-0.05, 0) is 12.8 Å². The molecule has 5 heteroatoms. The van der Waals surface area contributed by atoms with Crippen LogP contribution in [0.2, 0.25) is 0 Å². The summed E-state index contributed by atoms with van der Waals surface area (Å²) in [5, 5.41) is 4.69. The average Bonchev–Trinajstić information content (AvgIpc) is 1.85. The second-order valence-electron chi connectivity index (χ2n) is 2.48. The van der Waals surface area contributed by atoms with E-state index in [0.717, 1.165) is 10.8 Å². The van der Waals surface area contributed by atoms with Crippen molar-refractivity contribution in [2.24, 2.45) is 5.14 Å². The van der Waals surface area contributed by atoms with Crippen LogP contribution in [0.15, 0.2) is 0 Å². The first-order valence-electron chi connectivity index (χ1n) is 3.60. The number of primary sulfonamides is 1. The standard InChI is InChI=1S/C6H14INO2S/c1-2-3-6(4-5-7)11(8,9)10/h6H,2-5H2,1H3,(H2,8,9,10). The summed E-state index contributed by atoms with van der Waals surface area (Å²) in [6, 6.07) is 0. The van der Waals surface area contributed by atoms with E-state index in [9.17, 15) is 8.42 Å². The van der Waals surface area contributed by atoms with Crippen LogP contribution in [0.5, 0.6) is 0 Å². The monoisotopic (exact) mass is 291 g/mol. The Hall–Kier alpha value is 0.640. The van der Waals surface area contributed by atoms with Crippen LogP contribution in [0.1, 0.15) is 26.2 Å². The third-order valence-electron chi connectivity index (χ3n) is 1.51. The summed E-state index contributed by atoms with van der Waals surface area (Å²) in [4.78, 5) is 0. The SMILES string of the molecule is CCCC(CCI)S(N)(=O)=O. The Morgan fingerprint density at radius 3 is 2.27 bits per heavy atom. The smallest absolute Gasteiger partial charge is 0.211 e. The van der Waals surface area contributed by atoms with Gasteiger partial charge in [-0.25, -0.2) is 13.6 Å². The molecule has 0 saturated carbocycles. The van der Waals surface area contributed by atoms with Crippen molar-refractivity contribution in [2.75, 3.05) is 4.43 Å². The second-order valence-corrected chi connectivity index (χ2v) is 5.40. The minimum absolute atomic E-state index is 0.329. The summed E-state index contributed by atoms with van der Waals surface area (Å²) in [6.45, 7) is 1.96. The fourth-order valence-corrected chi connectivity index (χ4v) is 3.10. The van der Waals surface area contributed by atoms with Gasteiger partial charge in [0.25, 0.3) is 0 Å². The molecular formula is C6H14INO2S. The predicted octanol–water partition coefficient (Wildman–Crippen LogP) is 1.27. The average molecular weight is 291 g/mol. The minimum Gasteiger partial charge on any atom is -0.228 e. The van der Waals surface area contributed by atoms with Gasteiger partial charge in [-0.3, -0.25) is 0 Å². The molecule has 1 unspecified atom stereocenters. The number of rotatable bonds is 5. The molecule has 1 atom stereocenters. The summed E-state index contributed by atoms with van der Waals surface area (Å²) in [5.74, 6) is 0. The van der Waals surface area contributed by atoms with Gasteiger partial charge in [0.1, 0.15) is 0 Å². The fourth-order valence-electron chi connectivity index (χ4n) is 0.917. The van der Waals surface area contributed by atoms with Crippen molar-refractivity contribution in [2.45, 2.75) is 31.4 Å². The molecular weight excluding hydrogens is 277 g/mol. The fraction of sp³-hybridized carbons (Fsp3) is 1.00. The number of hydrogen-bond acceptors (Lipinski definition) is 2. The lowest BCUT2D eigenvalue weighted by Crippen LogP contribution is -2.28. The van der Waals surface area contributed by atoms with Crippen molar-refractivity contribution in [3.05, 3.63) is 0 Å². The lowest BCUT2D eigenvalue weighted by atomic mass is 10.2. The molecule has 11 heavy (non-hydrogen) atoms. The van der Waals surface area contributed by atoms with E-state index in [0.29, 0.717) is 12.8 Å². The van der Waals surface area contributed by atoms with Crippen molar-refractivity contribution in [1.82, 2.24) is 0 Å². The number of hydrogen-bond donors (Lipinski definition) is 1. The first kappa shape index (κ1) is 11.6. The third kappa shape index (κ3) is 4.97. The molecule has 0 aliphatic carbocycles. The molecule has 0 radical (unpaired) electrons. The van der Waals surface area contributed by atoms with Gasteiger partial charge < -0.3 is 0 Å². The summed E-state index contributed by atoms with van der Waals surface area (Å²) in [6.07, 6.45) is 2.23. The Labute approximate surface area is 81.9 Å². The highest BCUT2D eigenvalue weighted by Crippen LogP contribution is 2.10. The van der Waals surface area contributed by atoms with Crippen LogP contribution in [0.25, 0.3) is 0 Å². The van der Waals surface area contributed by atoms with E-state index in [-0.39, 0.29) is 5.25 Å². The summed E-state index contributed by atoms with van der Waals surface area (Å²) < 4.78 is 22.6. The van der Waals surface area contributed by atoms with Gasteiger partial charge in [0, 0.05) is 4.43 Å². The van der Waals surface area contributed by atoms with Gasteiger partial charge in [0.05, 0.1) is 5.25 Å². The minimum atomic E-state index is -3.29. The Kier molecular flexibility index (Phi) is 5.62. The molecule has 0 aromatic heterocycles. The lowest BCUT2D eigenvalue weighted by molar-refractivity contribution is 0.567. The Morgan fingerprint density at radius 1 is 1.45 bits per heavy atom. The van der Waals surface area contributed by atoms with Gasteiger partial charge in [-0.15, -0.1) is 0 Å². The van der Waals surface area contributed by atoms with E-state index in [1.54, 1.807) is 0 Å². The van der Waals surface area contributed by atoms with Crippen LogP contribution in [0.4, 0.5) is 0 Å². The van der Waals surface area contributed by atoms with Gasteiger partial charge in [-0.2, -0.15) is 0 Å². The van der Waals surface area contributed by atoms with Crippen molar-refractivity contribution in [1.29, 1.82) is 0 Å². The quantitative estimate of drug-likeness (QED) is 0.612. The molecule has 0 spiro atoms. The van der Waals surface area contributed by atoms with Crippen LogP contribution < -0.4 is 5.14 Å². The Morgan fingerprint density at radius 2 is 2.00 bits per heavy atom. The van der Waals surface area contributed by atoms with E-state index in [1.807, 2.05) is 6.92 Å². The maximum Gasteiger partial charge on any atom is 0.211 e. The van der Waals surface area contributed by atoms with Crippen LogP contribution in [-0.4, -0.2) is 18.1 Å². The predicted molar refractivity (Wildman–Crippen MR) is 55.3 cm³/mol. The molecule has 3 nitrogen and oxygen atoms in total. The molecule has 0 amide bonds. The number of nitrogens with two attached hydrogens (primary N) is 1. The van der Waals surface area contributed by atoms with Gasteiger partial charge in [-0.1, -0.05) is 35.9 Å². The number of alkyl halides is 1. The topological polar surface area (TPSA) is 60.2 Å². The molecule has 0 aliphatic heterocycles. The largest absolute Gasteiger partial charge is 0.228 e. The number of halogens is 1. The Bertz CT molecular complexity index is 185. The summed E-state index contributed by atoms with van der Waals surface area (Å²) in [5.41, 5.74) is 0. The van der Waals surface area contributed by atoms with E-state index < -0.39 is 10.0 Å². The van der Waals surface area contributed by atoms with E-state index >= 15 is 0 Å². The van der Waals surface area contributed by atoms with E-state index in [1.165, 1.54) is 0 Å². The maximum absolute atomic E-state index is 10.9. The van der Waals surface area contributed by atoms with Crippen LogP contribution in [0.3, 0.4) is 0 Å². The molecule has 0 fully saturated rings. The zero-order valence-corrected chi connectivity index (χ0v) is 9.56. The van der Waals surface area contributed by atoms with Crippen LogP contribution in [-0.2, 0) is 10.0 Å². The van der Waals surface area contributed by atoms with Gasteiger partial charge in [0.2, 0.25) is 10.0 Å². The highest BCUT2D eigenvalue weighted by atomic mass is 127. The second kappa shape index (κ2) is 5.31. The maximum atomic E-state index is 10.9. The van der Waals surface area contributed by atoms with Gasteiger partial charge >= 0.3 is 0 Å². The summed E-state index contributed by atoms with van der Waals surface area (Å²) >= 11 is 2.16. The highest BCUT2D eigenvalue weighted by Gasteiger charge is 2.18. The zero-order valence-electron chi connectivity index (χ0n) is 6.59. The van der Waals surface area contributed by atoms with E-state index in [2.05, 4.69) is 22.6 Å². The molecule has 0 rings (SSSR count). The first-order valence-corrected chi connectivity index (χ1v) is 6.73. The van der Waals surface area contributed by atoms with Crippen molar-refractivity contribution < 1.29 is 8.42 Å². The number of sulfonamides is 1. The molecule has 2 N–H and O–H groups in total. The molecule has 0 heterocycles. The lowest BCUT2D eigenvalue weighted by Gasteiger charge is -2.10. The Balaban J connectivity index is 4.11. The normalized spacial score (nSPS) is 14.8. The third-order valence-corrected chi connectivity index (χ3v) is 3.53. The van der Waals surface area contributed by atoms with Crippen LogP contribution >= 0.6 is 22.6 Å². The summed E-state index contributed by atoms with van der Waals surface area (Å²) in [7, 11) is -3.29. The molecule has 0 bridgehead atoms. The molecule has 0 aliphatic rings.